The average Bonchev–Trinajstić information content (AvgIpc) is 2.72. The van der Waals surface area contributed by atoms with Gasteiger partial charge >= 0.3 is 5.97 Å². The lowest BCUT2D eigenvalue weighted by Gasteiger charge is -2.28. The Morgan fingerprint density at radius 1 is 1.00 bits per heavy atom. The zero-order valence-corrected chi connectivity index (χ0v) is 15.0. The van der Waals surface area contributed by atoms with Gasteiger partial charge in [0.05, 0.1) is 6.61 Å². The summed E-state index contributed by atoms with van der Waals surface area (Å²) >= 11 is 0. The third-order valence-corrected chi connectivity index (χ3v) is 4.42. The molecule has 1 aliphatic rings. The number of ether oxygens (including phenoxy) is 3. The fraction of sp³-hybridized carbons (Fsp3) is 0.136. The molecule has 0 saturated heterocycles. The van der Waals surface area contributed by atoms with Crippen molar-refractivity contribution in [2.24, 2.45) is 0 Å². The van der Waals surface area contributed by atoms with Crippen LogP contribution in [0.15, 0.2) is 60.7 Å². The van der Waals surface area contributed by atoms with E-state index in [9.17, 15) is 18.0 Å². The molecule has 3 aromatic carbocycles. The Labute approximate surface area is 164 Å². The van der Waals surface area contributed by atoms with Gasteiger partial charge in [0.25, 0.3) is 0 Å². The molecule has 4 nitrogen and oxygen atoms in total. The second-order valence-corrected chi connectivity index (χ2v) is 6.40. The van der Waals surface area contributed by atoms with Crippen LogP contribution in [0.1, 0.15) is 33.3 Å². The van der Waals surface area contributed by atoms with Crippen molar-refractivity contribution in [1.29, 1.82) is 0 Å². The Hall–Kier alpha value is -3.32. The van der Waals surface area contributed by atoms with E-state index >= 15 is 0 Å². The highest BCUT2D eigenvalue weighted by Gasteiger charge is 2.26. The van der Waals surface area contributed by atoms with Gasteiger partial charge in [-0.3, -0.25) is 0 Å². The summed E-state index contributed by atoms with van der Waals surface area (Å²) in [5.41, 5.74) is 0.637. The van der Waals surface area contributed by atoms with Crippen LogP contribution in [0, 0.1) is 17.5 Å². The van der Waals surface area contributed by atoms with Gasteiger partial charge in [-0.1, -0.05) is 36.4 Å². The standard InChI is InChI=1S/C22H15F3O4/c23-16-9-14(11-27-21(26)19-17(24)7-4-8-18(19)25)20-15(10-16)12-28-22(29-20)13-5-2-1-3-6-13/h1-10,22H,11-12H2/t22-/m1/s1. The maximum atomic E-state index is 14.0. The SMILES string of the molecule is O=C(OCc1cc(F)cc2c1O[C@H](c1ccccc1)OC2)c1c(F)cccc1F. The number of hydrogen-bond acceptors (Lipinski definition) is 4. The van der Waals surface area contributed by atoms with Crippen molar-refractivity contribution in [3.63, 3.8) is 0 Å². The van der Waals surface area contributed by atoms with E-state index in [1.165, 1.54) is 6.07 Å². The van der Waals surface area contributed by atoms with Crippen LogP contribution < -0.4 is 4.74 Å². The first-order valence-electron chi connectivity index (χ1n) is 8.78. The fourth-order valence-corrected chi connectivity index (χ4v) is 3.07. The van der Waals surface area contributed by atoms with E-state index in [0.717, 1.165) is 29.8 Å². The van der Waals surface area contributed by atoms with Gasteiger partial charge in [0.2, 0.25) is 6.29 Å². The van der Waals surface area contributed by atoms with Crippen LogP contribution in [0.3, 0.4) is 0 Å². The third kappa shape index (κ3) is 3.95. The van der Waals surface area contributed by atoms with Gasteiger partial charge in [0.1, 0.15) is 35.4 Å². The van der Waals surface area contributed by atoms with E-state index in [1.807, 2.05) is 30.3 Å². The third-order valence-electron chi connectivity index (χ3n) is 4.42. The van der Waals surface area contributed by atoms with Crippen molar-refractivity contribution in [3.8, 4) is 5.75 Å². The van der Waals surface area contributed by atoms with Crippen molar-refractivity contribution in [1.82, 2.24) is 0 Å². The normalized spacial score (nSPS) is 15.3. The molecule has 0 aliphatic carbocycles. The number of carbonyl (C=O) groups is 1. The number of rotatable bonds is 4. The van der Waals surface area contributed by atoms with Crippen LogP contribution in [-0.2, 0) is 22.7 Å². The predicted octanol–water partition coefficient (Wildman–Crippen LogP) is 5.07. The predicted molar refractivity (Wildman–Crippen MR) is 96.5 cm³/mol. The lowest BCUT2D eigenvalue weighted by Crippen LogP contribution is -2.20. The monoisotopic (exact) mass is 400 g/mol. The minimum atomic E-state index is -1.19. The van der Waals surface area contributed by atoms with Crippen LogP contribution in [0.4, 0.5) is 13.2 Å². The zero-order valence-electron chi connectivity index (χ0n) is 15.0. The topological polar surface area (TPSA) is 44.8 Å². The molecule has 0 amide bonds. The molecule has 0 bridgehead atoms. The Balaban J connectivity index is 1.57. The molecule has 0 aromatic heterocycles. The molecule has 0 radical (unpaired) electrons. The molecule has 4 rings (SSSR count). The molecule has 7 heteroatoms. The van der Waals surface area contributed by atoms with E-state index in [0.29, 0.717) is 11.3 Å². The van der Waals surface area contributed by atoms with Crippen LogP contribution >= 0.6 is 0 Å². The van der Waals surface area contributed by atoms with Gasteiger partial charge < -0.3 is 14.2 Å². The molecular formula is C22H15F3O4. The summed E-state index contributed by atoms with van der Waals surface area (Å²) in [5.74, 6) is -3.52. The van der Waals surface area contributed by atoms with E-state index in [1.54, 1.807) is 0 Å². The second kappa shape index (κ2) is 7.97. The summed E-state index contributed by atoms with van der Waals surface area (Å²) < 4.78 is 58.0. The molecule has 1 heterocycles. The quantitative estimate of drug-likeness (QED) is 0.574. The number of hydrogen-bond donors (Lipinski definition) is 0. The van der Waals surface area contributed by atoms with Crippen LogP contribution in [0.25, 0.3) is 0 Å². The summed E-state index contributed by atoms with van der Waals surface area (Å²) in [7, 11) is 0. The van der Waals surface area contributed by atoms with Crippen molar-refractivity contribution in [3.05, 3.63) is 100 Å². The first kappa shape index (κ1) is 19.0. The van der Waals surface area contributed by atoms with Gasteiger partial charge in [-0.2, -0.15) is 0 Å². The largest absolute Gasteiger partial charge is 0.460 e. The highest BCUT2D eigenvalue weighted by Crippen LogP contribution is 2.37. The van der Waals surface area contributed by atoms with E-state index in [2.05, 4.69) is 0 Å². The molecular weight excluding hydrogens is 385 g/mol. The maximum Gasteiger partial charge on any atom is 0.344 e. The summed E-state index contributed by atoms with van der Waals surface area (Å²) in [6.07, 6.45) is -0.715. The minimum absolute atomic E-state index is 0.0928. The first-order valence-corrected chi connectivity index (χ1v) is 8.78. The number of esters is 1. The maximum absolute atomic E-state index is 14.0. The molecule has 0 unspecified atom stereocenters. The van der Waals surface area contributed by atoms with Gasteiger partial charge in [-0.15, -0.1) is 0 Å². The van der Waals surface area contributed by atoms with E-state index in [4.69, 9.17) is 14.2 Å². The smallest absolute Gasteiger partial charge is 0.344 e. The number of carbonyl (C=O) groups excluding carboxylic acids is 1. The lowest BCUT2D eigenvalue weighted by molar-refractivity contribution is -0.112. The van der Waals surface area contributed by atoms with Crippen LogP contribution in [0.2, 0.25) is 0 Å². The Morgan fingerprint density at radius 2 is 1.72 bits per heavy atom. The number of benzene rings is 3. The molecule has 3 aromatic rings. The van der Waals surface area contributed by atoms with Crippen molar-refractivity contribution in [2.45, 2.75) is 19.5 Å². The minimum Gasteiger partial charge on any atom is -0.460 e. The molecule has 0 saturated carbocycles. The van der Waals surface area contributed by atoms with Crippen LogP contribution in [0.5, 0.6) is 5.75 Å². The van der Waals surface area contributed by atoms with Crippen molar-refractivity contribution >= 4 is 5.97 Å². The highest BCUT2D eigenvalue weighted by atomic mass is 19.1. The summed E-state index contributed by atoms with van der Waals surface area (Å²) in [6.45, 7) is -0.330. The average molecular weight is 400 g/mol. The number of halogens is 3. The number of fused-ring (bicyclic) bond motifs is 1. The molecule has 0 N–H and O–H groups in total. The van der Waals surface area contributed by atoms with Crippen molar-refractivity contribution in [2.75, 3.05) is 0 Å². The lowest BCUT2D eigenvalue weighted by atomic mass is 10.1. The molecule has 1 atom stereocenters. The molecule has 29 heavy (non-hydrogen) atoms. The zero-order chi connectivity index (χ0) is 20.4. The van der Waals surface area contributed by atoms with Crippen molar-refractivity contribution < 1.29 is 32.2 Å². The molecule has 0 spiro atoms. The van der Waals surface area contributed by atoms with Gasteiger partial charge in [-0.25, -0.2) is 18.0 Å². The van der Waals surface area contributed by atoms with Gasteiger partial charge in [0, 0.05) is 16.7 Å². The Bertz CT molecular complexity index is 1030. The van der Waals surface area contributed by atoms with Gasteiger partial charge in [-0.05, 0) is 24.3 Å². The second-order valence-electron chi connectivity index (χ2n) is 6.40. The van der Waals surface area contributed by atoms with E-state index < -0.39 is 41.9 Å². The molecule has 1 aliphatic heterocycles. The Morgan fingerprint density at radius 3 is 2.45 bits per heavy atom. The first-order chi connectivity index (χ1) is 14.0. The summed E-state index contributed by atoms with van der Waals surface area (Å²) in [4.78, 5) is 12.1. The van der Waals surface area contributed by atoms with E-state index in [-0.39, 0.29) is 12.2 Å². The molecule has 148 valence electrons. The Kier molecular flexibility index (Phi) is 5.22. The van der Waals surface area contributed by atoms with Gasteiger partial charge in [0.15, 0.2) is 0 Å². The summed E-state index contributed by atoms with van der Waals surface area (Å²) in [6, 6.07) is 14.6. The fourth-order valence-electron chi connectivity index (χ4n) is 3.07. The molecule has 0 fully saturated rings. The highest BCUT2D eigenvalue weighted by molar-refractivity contribution is 5.90. The van der Waals surface area contributed by atoms with Crippen LogP contribution in [-0.4, -0.2) is 5.97 Å². The summed E-state index contributed by atoms with van der Waals surface area (Å²) in [5, 5.41) is 0.